The van der Waals surface area contributed by atoms with E-state index in [0.29, 0.717) is 37.2 Å². The lowest BCUT2D eigenvalue weighted by Crippen LogP contribution is -2.38. The van der Waals surface area contributed by atoms with E-state index >= 15 is 0 Å². The molecular formula is C14H15F4NO. The zero-order chi connectivity index (χ0) is 14.9. The number of hydrogen-bond donors (Lipinski definition) is 0. The lowest BCUT2D eigenvalue weighted by molar-refractivity contribution is -0.137. The normalized spacial score (nSPS) is 17.4. The van der Waals surface area contributed by atoms with E-state index in [-0.39, 0.29) is 0 Å². The average Bonchev–Trinajstić information content (AvgIpc) is 2.38. The number of carbonyl (C=O) groups is 1. The Morgan fingerprint density at radius 3 is 2.40 bits per heavy atom. The predicted molar refractivity (Wildman–Crippen MR) is 65.7 cm³/mol. The van der Waals surface area contributed by atoms with E-state index in [0.717, 1.165) is 12.8 Å². The lowest BCUT2D eigenvalue weighted by atomic mass is 9.98. The van der Waals surface area contributed by atoms with E-state index in [9.17, 15) is 22.4 Å². The molecule has 0 unspecified atom stereocenters. The van der Waals surface area contributed by atoms with E-state index in [4.69, 9.17) is 0 Å². The molecule has 1 aromatic rings. The number of benzene rings is 1. The number of rotatable bonds is 1. The van der Waals surface area contributed by atoms with Crippen molar-refractivity contribution in [3.05, 3.63) is 35.1 Å². The summed E-state index contributed by atoms with van der Waals surface area (Å²) in [5.41, 5.74) is -1.51. The third kappa shape index (κ3) is 3.11. The first kappa shape index (κ1) is 14.8. The number of carbonyl (C=O) groups excluding carboxylic acids is 1. The molecule has 1 aromatic carbocycles. The molecule has 0 radical (unpaired) electrons. The summed E-state index contributed by atoms with van der Waals surface area (Å²) in [5.74, 6) is -1.10. The van der Waals surface area contributed by atoms with Crippen molar-refractivity contribution >= 4 is 5.91 Å². The highest BCUT2D eigenvalue weighted by Crippen LogP contribution is 2.31. The van der Waals surface area contributed by atoms with Crippen molar-refractivity contribution in [1.29, 1.82) is 0 Å². The number of likely N-dealkylation sites (tertiary alicyclic amines) is 1. The lowest BCUT2D eigenvalue weighted by Gasteiger charge is -2.30. The monoisotopic (exact) mass is 289 g/mol. The zero-order valence-electron chi connectivity index (χ0n) is 11.0. The van der Waals surface area contributed by atoms with Gasteiger partial charge in [0, 0.05) is 13.1 Å². The van der Waals surface area contributed by atoms with Crippen LogP contribution in [-0.2, 0) is 6.18 Å². The van der Waals surface area contributed by atoms with Gasteiger partial charge in [-0.1, -0.05) is 6.92 Å². The second-order valence-electron chi connectivity index (χ2n) is 5.17. The van der Waals surface area contributed by atoms with Crippen molar-refractivity contribution in [2.24, 2.45) is 5.92 Å². The maximum atomic E-state index is 13.6. The van der Waals surface area contributed by atoms with E-state index < -0.39 is 29.0 Å². The van der Waals surface area contributed by atoms with Gasteiger partial charge < -0.3 is 4.90 Å². The summed E-state index contributed by atoms with van der Waals surface area (Å²) in [6.07, 6.45) is -3.02. The molecule has 1 saturated heterocycles. The molecule has 0 atom stereocenters. The summed E-state index contributed by atoms with van der Waals surface area (Å²) in [5, 5.41) is 0. The fourth-order valence-electron chi connectivity index (χ4n) is 2.25. The van der Waals surface area contributed by atoms with Gasteiger partial charge >= 0.3 is 6.18 Å². The quantitative estimate of drug-likeness (QED) is 0.722. The number of halogens is 4. The molecule has 1 heterocycles. The number of nitrogens with zero attached hydrogens (tertiary/aromatic N) is 1. The van der Waals surface area contributed by atoms with Gasteiger partial charge in [-0.05, 0) is 37.0 Å². The molecular weight excluding hydrogens is 274 g/mol. The number of hydrogen-bond acceptors (Lipinski definition) is 1. The van der Waals surface area contributed by atoms with Gasteiger partial charge in [0.1, 0.15) is 5.82 Å². The van der Waals surface area contributed by atoms with Gasteiger partial charge in [0.25, 0.3) is 5.91 Å². The van der Waals surface area contributed by atoms with Gasteiger partial charge in [-0.2, -0.15) is 13.2 Å². The van der Waals surface area contributed by atoms with E-state index in [1.807, 2.05) is 6.92 Å². The second kappa shape index (κ2) is 5.42. The molecule has 20 heavy (non-hydrogen) atoms. The first-order valence-corrected chi connectivity index (χ1v) is 6.45. The van der Waals surface area contributed by atoms with E-state index in [1.165, 1.54) is 4.90 Å². The van der Waals surface area contributed by atoms with Crippen LogP contribution in [0.15, 0.2) is 18.2 Å². The fourth-order valence-corrected chi connectivity index (χ4v) is 2.25. The van der Waals surface area contributed by atoms with Crippen LogP contribution in [0, 0.1) is 11.7 Å². The summed E-state index contributed by atoms with van der Waals surface area (Å²) in [7, 11) is 0. The fraction of sp³-hybridized carbons (Fsp3) is 0.500. The van der Waals surface area contributed by atoms with Crippen molar-refractivity contribution in [2.75, 3.05) is 13.1 Å². The van der Waals surface area contributed by atoms with E-state index in [1.54, 1.807) is 0 Å². The maximum Gasteiger partial charge on any atom is 0.416 e. The molecule has 0 aliphatic carbocycles. The van der Waals surface area contributed by atoms with E-state index in [2.05, 4.69) is 0 Å². The van der Waals surface area contributed by atoms with Crippen molar-refractivity contribution < 1.29 is 22.4 Å². The van der Waals surface area contributed by atoms with Crippen molar-refractivity contribution in [1.82, 2.24) is 4.90 Å². The average molecular weight is 289 g/mol. The Morgan fingerprint density at radius 1 is 1.25 bits per heavy atom. The minimum atomic E-state index is -4.58. The van der Waals surface area contributed by atoms with Gasteiger partial charge in [0.05, 0.1) is 11.1 Å². The van der Waals surface area contributed by atoms with Crippen LogP contribution in [0.5, 0.6) is 0 Å². The topological polar surface area (TPSA) is 20.3 Å². The molecule has 110 valence electrons. The smallest absolute Gasteiger partial charge is 0.339 e. The van der Waals surface area contributed by atoms with Crippen LogP contribution in [0.4, 0.5) is 17.6 Å². The zero-order valence-corrected chi connectivity index (χ0v) is 11.0. The highest BCUT2D eigenvalue weighted by molar-refractivity contribution is 5.94. The number of alkyl halides is 3. The predicted octanol–water partition coefficient (Wildman–Crippen LogP) is 3.72. The number of piperidine rings is 1. The Morgan fingerprint density at radius 2 is 1.85 bits per heavy atom. The molecule has 0 N–H and O–H groups in total. The largest absolute Gasteiger partial charge is 0.416 e. The second-order valence-corrected chi connectivity index (χ2v) is 5.17. The van der Waals surface area contributed by atoms with Gasteiger partial charge in [-0.15, -0.1) is 0 Å². The van der Waals surface area contributed by atoms with Crippen molar-refractivity contribution in [2.45, 2.75) is 25.9 Å². The van der Waals surface area contributed by atoms with Crippen LogP contribution in [0.3, 0.4) is 0 Å². The molecule has 2 nitrogen and oxygen atoms in total. The van der Waals surface area contributed by atoms with Gasteiger partial charge in [-0.3, -0.25) is 4.79 Å². The third-order valence-corrected chi connectivity index (χ3v) is 3.59. The first-order valence-electron chi connectivity index (χ1n) is 6.45. The molecule has 1 fully saturated rings. The molecule has 1 aliphatic rings. The Balaban J connectivity index is 2.25. The molecule has 0 saturated carbocycles. The SMILES string of the molecule is CC1CCN(C(=O)c2cc(C(F)(F)F)ccc2F)CC1. The maximum absolute atomic E-state index is 13.6. The Kier molecular flexibility index (Phi) is 4.01. The van der Waals surface area contributed by atoms with Crippen LogP contribution in [0.1, 0.15) is 35.7 Å². The Hall–Kier alpha value is -1.59. The summed E-state index contributed by atoms with van der Waals surface area (Å²) >= 11 is 0. The molecule has 0 spiro atoms. The van der Waals surface area contributed by atoms with Crippen LogP contribution in [0.2, 0.25) is 0 Å². The summed E-state index contributed by atoms with van der Waals surface area (Å²) < 4.78 is 51.5. The van der Waals surface area contributed by atoms with Gasteiger partial charge in [0.15, 0.2) is 0 Å². The van der Waals surface area contributed by atoms with Crippen LogP contribution >= 0.6 is 0 Å². The first-order chi connectivity index (χ1) is 9.29. The molecule has 6 heteroatoms. The van der Waals surface area contributed by atoms with Crippen molar-refractivity contribution in [3.8, 4) is 0 Å². The highest BCUT2D eigenvalue weighted by atomic mass is 19.4. The molecule has 1 amide bonds. The molecule has 0 bridgehead atoms. The summed E-state index contributed by atoms with van der Waals surface area (Å²) in [4.78, 5) is 13.5. The Labute approximate surface area is 114 Å². The third-order valence-electron chi connectivity index (χ3n) is 3.59. The molecule has 2 rings (SSSR count). The van der Waals surface area contributed by atoms with Crippen LogP contribution in [0.25, 0.3) is 0 Å². The summed E-state index contributed by atoms with van der Waals surface area (Å²) in [6, 6.07) is 1.93. The number of amides is 1. The molecule has 0 aromatic heterocycles. The van der Waals surface area contributed by atoms with Crippen LogP contribution < -0.4 is 0 Å². The minimum absolute atomic E-state index is 0.454. The minimum Gasteiger partial charge on any atom is -0.339 e. The van der Waals surface area contributed by atoms with Gasteiger partial charge in [-0.25, -0.2) is 4.39 Å². The summed E-state index contributed by atoms with van der Waals surface area (Å²) in [6.45, 7) is 2.96. The highest BCUT2D eigenvalue weighted by Gasteiger charge is 2.33. The van der Waals surface area contributed by atoms with Gasteiger partial charge in [0.2, 0.25) is 0 Å². The Bertz CT molecular complexity index is 504. The van der Waals surface area contributed by atoms with Crippen molar-refractivity contribution in [3.63, 3.8) is 0 Å². The standard InChI is InChI=1S/C14H15F4NO/c1-9-4-6-19(7-5-9)13(20)11-8-10(14(16,17)18)2-3-12(11)15/h2-3,8-9H,4-7H2,1H3. The van der Waals surface area contributed by atoms with Crippen LogP contribution in [-0.4, -0.2) is 23.9 Å². The molecule has 1 aliphatic heterocycles.